The molecule has 21 heavy (non-hydrogen) atoms. The van der Waals surface area contributed by atoms with E-state index in [1.165, 1.54) is 12.0 Å². The van der Waals surface area contributed by atoms with Crippen LogP contribution < -0.4 is 15.8 Å². The van der Waals surface area contributed by atoms with Crippen LogP contribution in [0.15, 0.2) is 24.3 Å². The van der Waals surface area contributed by atoms with Crippen LogP contribution in [0.4, 0.5) is 5.69 Å². The van der Waals surface area contributed by atoms with Crippen molar-refractivity contribution in [2.45, 2.75) is 52.6 Å². The number of hydrogen-bond acceptors (Lipinski definition) is 2. The number of rotatable bonds is 1. The Morgan fingerprint density at radius 1 is 1.19 bits per heavy atom. The zero-order valence-corrected chi connectivity index (χ0v) is 14.2. The summed E-state index contributed by atoms with van der Waals surface area (Å²) in [5, 5.41) is 6.38. The molecule has 2 fully saturated rings. The first-order valence-electron chi connectivity index (χ1n) is 7.75. The first-order valence-corrected chi connectivity index (χ1v) is 8.16. The van der Waals surface area contributed by atoms with E-state index in [4.69, 9.17) is 12.2 Å². The van der Waals surface area contributed by atoms with Gasteiger partial charge in [0.2, 0.25) is 0 Å². The maximum Gasteiger partial charge on any atom is 0.189 e. The Balaban J connectivity index is 1.85. The molecule has 1 aliphatic carbocycles. The van der Waals surface area contributed by atoms with Crippen LogP contribution in [0, 0.1) is 18.3 Å². The fraction of sp³-hybridized carbons (Fsp3) is 0.588. The first kappa shape index (κ1) is 14.8. The summed E-state index contributed by atoms with van der Waals surface area (Å²) in [6.45, 7) is 9.14. The molecule has 3 nitrogen and oxygen atoms in total. The lowest BCUT2D eigenvalue weighted by Gasteiger charge is -2.45. The highest BCUT2D eigenvalue weighted by atomic mass is 32.1. The Kier molecular flexibility index (Phi) is 3.49. The van der Waals surface area contributed by atoms with Gasteiger partial charge in [0.25, 0.3) is 0 Å². The second kappa shape index (κ2) is 4.96. The number of anilines is 1. The third-order valence-electron chi connectivity index (χ3n) is 4.55. The van der Waals surface area contributed by atoms with Crippen molar-refractivity contribution in [3.63, 3.8) is 0 Å². The van der Waals surface area contributed by atoms with E-state index in [0.29, 0.717) is 11.3 Å². The molecule has 1 aromatic carbocycles. The average molecular weight is 303 g/mol. The van der Waals surface area contributed by atoms with Gasteiger partial charge in [0.05, 0.1) is 5.69 Å². The predicted octanol–water partition coefficient (Wildman–Crippen LogP) is 3.74. The van der Waals surface area contributed by atoms with E-state index in [-0.39, 0.29) is 5.66 Å². The highest BCUT2D eigenvalue weighted by Gasteiger charge is 2.48. The van der Waals surface area contributed by atoms with Crippen molar-refractivity contribution in [3.8, 4) is 0 Å². The Hall–Kier alpha value is -1.13. The SMILES string of the molecule is Cc1ccc(N2N[C@]3(C[C@H](C)CC(C)(C)C3)NC2=S)cc1. The van der Waals surface area contributed by atoms with Crippen molar-refractivity contribution in [1.29, 1.82) is 0 Å². The molecule has 0 bridgehead atoms. The van der Waals surface area contributed by atoms with Gasteiger partial charge in [-0.3, -0.25) is 5.01 Å². The van der Waals surface area contributed by atoms with Gasteiger partial charge in [-0.2, -0.15) is 0 Å². The van der Waals surface area contributed by atoms with Crippen LogP contribution in [0.5, 0.6) is 0 Å². The van der Waals surface area contributed by atoms with Crippen molar-refractivity contribution >= 4 is 23.0 Å². The van der Waals surface area contributed by atoms with Crippen LogP contribution >= 0.6 is 12.2 Å². The summed E-state index contributed by atoms with van der Waals surface area (Å²) < 4.78 is 0. The molecular weight excluding hydrogens is 278 g/mol. The van der Waals surface area contributed by atoms with Crippen LogP contribution in [0.25, 0.3) is 0 Å². The third kappa shape index (κ3) is 2.92. The van der Waals surface area contributed by atoms with Crippen LogP contribution in [-0.4, -0.2) is 10.8 Å². The molecule has 114 valence electrons. The summed E-state index contributed by atoms with van der Waals surface area (Å²) in [6, 6.07) is 8.48. The maximum atomic E-state index is 5.57. The third-order valence-corrected chi connectivity index (χ3v) is 4.83. The molecule has 2 atom stereocenters. The molecule has 2 aliphatic rings. The summed E-state index contributed by atoms with van der Waals surface area (Å²) in [4.78, 5) is 0. The first-order chi connectivity index (χ1) is 9.79. The molecule has 1 spiro atoms. The van der Waals surface area contributed by atoms with Gasteiger partial charge >= 0.3 is 0 Å². The maximum absolute atomic E-state index is 5.57. The molecule has 0 aromatic heterocycles. The molecule has 0 radical (unpaired) electrons. The van der Waals surface area contributed by atoms with Crippen LogP contribution in [0.2, 0.25) is 0 Å². The van der Waals surface area contributed by atoms with Gasteiger partial charge in [0.1, 0.15) is 5.66 Å². The van der Waals surface area contributed by atoms with Crippen molar-refractivity contribution in [2.75, 3.05) is 5.01 Å². The second-order valence-corrected chi connectivity index (χ2v) is 8.04. The number of hydrogen-bond donors (Lipinski definition) is 2. The molecule has 4 heteroatoms. The molecular formula is C17H25N3S. The molecule has 1 saturated heterocycles. The predicted molar refractivity (Wildman–Crippen MR) is 92.1 cm³/mol. The second-order valence-electron chi connectivity index (χ2n) is 7.65. The fourth-order valence-electron chi connectivity index (χ4n) is 4.18. The summed E-state index contributed by atoms with van der Waals surface area (Å²) >= 11 is 5.57. The number of aryl methyl sites for hydroxylation is 1. The van der Waals surface area contributed by atoms with E-state index in [1.54, 1.807) is 0 Å². The van der Waals surface area contributed by atoms with E-state index in [9.17, 15) is 0 Å². The fourth-order valence-corrected chi connectivity index (χ4v) is 4.53. The molecule has 1 aliphatic heterocycles. The van der Waals surface area contributed by atoms with Gasteiger partial charge in [0, 0.05) is 0 Å². The van der Waals surface area contributed by atoms with Gasteiger partial charge in [-0.15, -0.1) is 0 Å². The lowest BCUT2D eigenvalue weighted by atomic mass is 9.68. The summed E-state index contributed by atoms with van der Waals surface area (Å²) in [5.74, 6) is 0.689. The van der Waals surface area contributed by atoms with E-state index in [2.05, 4.69) is 62.7 Å². The van der Waals surface area contributed by atoms with Crippen molar-refractivity contribution in [1.82, 2.24) is 10.7 Å². The van der Waals surface area contributed by atoms with Crippen LogP contribution in [0.1, 0.15) is 45.6 Å². The highest BCUT2D eigenvalue weighted by molar-refractivity contribution is 7.80. The molecule has 3 rings (SSSR count). The molecule has 0 amide bonds. The van der Waals surface area contributed by atoms with Gasteiger partial charge < -0.3 is 5.32 Å². The summed E-state index contributed by atoms with van der Waals surface area (Å²) in [5.41, 5.74) is 6.26. The number of benzene rings is 1. The van der Waals surface area contributed by atoms with E-state index in [0.717, 1.165) is 23.6 Å². The Morgan fingerprint density at radius 3 is 2.48 bits per heavy atom. The number of hydrazine groups is 1. The van der Waals surface area contributed by atoms with E-state index < -0.39 is 0 Å². The minimum Gasteiger partial charge on any atom is -0.342 e. The minimum atomic E-state index is -0.0941. The van der Waals surface area contributed by atoms with Crippen molar-refractivity contribution in [2.24, 2.45) is 11.3 Å². The quantitative estimate of drug-likeness (QED) is 0.773. The number of nitrogens with one attached hydrogen (secondary N) is 2. The van der Waals surface area contributed by atoms with Crippen molar-refractivity contribution in [3.05, 3.63) is 29.8 Å². The Morgan fingerprint density at radius 2 is 1.86 bits per heavy atom. The Labute approximate surface area is 133 Å². The number of thiocarbonyl (C=S) groups is 1. The highest BCUT2D eigenvalue weighted by Crippen LogP contribution is 2.44. The van der Waals surface area contributed by atoms with Crippen LogP contribution in [-0.2, 0) is 0 Å². The van der Waals surface area contributed by atoms with Crippen molar-refractivity contribution < 1.29 is 0 Å². The molecule has 0 unspecified atom stereocenters. The summed E-state index contributed by atoms with van der Waals surface area (Å²) in [6.07, 6.45) is 3.47. The van der Waals surface area contributed by atoms with E-state index >= 15 is 0 Å². The lowest BCUT2D eigenvalue weighted by molar-refractivity contribution is 0.0828. The normalized spacial score (nSPS) is 31.5. The monoisotopic (exact) mass is 303 g/mol. The van der Waals surface area contributed by atoms with Gasteiger partial charge in [-0.05, 0) is 61.9 Å². The Bertz CT molecular complexity index is 552. The molecule has 1 heterocycles. The lowest BCUT2D eigenvalue weighted by Crippen LogP contribution is -2.57. The average Bonchev–Trinajstić information content (AvgIpc) is 2.63. The van der Waals surface area contributed by atoms with Crippen LogP contribution in [0.3, 0.4) is 0 Å². The molecule has 1 saturated carbocycles. The number of nitrogens with zero attached hydrogens (tertiary/aromatic N) is 1. The largest absolute Gasteiger partial charge is 0.342 e. The van der Waals surface area contributed by atoms with Gasteiger partial charge in [0.15, 0.2) is 5.11 Å². The summed E-state index contributed by atoms with van der Waals surface area (Å²) in [7, 11) is 0. The van der Waals surface area contributed by atoms with Gasteiger partial charge in [-0.25, -0.2) is 5.43 Å². The minimum absolute atomic E-state index is 0.0941. The smallest absolute Gasteiger partial charge is 0.189 e. The molecule has 1 aromatic rings. The van der Waals surface area contributed by atoms with E-state index in [1.807, 2.05) is 5.01 Å². The molecule has 2 N–H and O–H groups in total. The topological polar surface area (TPSA) is 27.3 Å². The standard InChI is InChI=1S/C17H25N3S/c1-12-5-7-14(8-6-12)20-15(21)18-17(19-20)10-13(2)9-16(3,4)11-17/h5-8,13,19H,9-11H2,1-4H3,(H,18,21)/t13-,17+/m1/s1. The zero-order valence-electron chi connectivity index (χ0n) is 13.4. The zero-order chi connectivity index (χ0) is 15.3. The van der Waals surface area contributed by atoms with Gasteiger partial charge in [-0.1, -0.05) is 38.5 Å².